The molecule has 6 heteroatoms. The molecule has 0 fully saturated rings. The predicted molar refractivity (Wildman–Crippen MR) is 96.9 cm³/mol. The van der Waals surface area contributed by atoms with Crippen molar-refractivity contribution in [2.75, 3.05) is 11.9 Å². The summed E-state index contributed by atoms with van der Waals surface area (Å²) in [5.74, 6) is -0.905. The summed E-state index contributed by atoms with van der Waals surface area (Å²) in [5.41, 5.74) is 2.55. The third-order valence-electron chi connectivity index (χ3n) is 3.71. The van der Waals surface area contributed by atoms with Gasteiger partial charge in [0.2, 0.25) is 11.8 Å². The Morgan fingerprint density at radius 2 is 1.96 bits per heavy atom. The Morgan fingerprint density at radius 1 is 1.20 bits per heavy atom. The highest BCUT2D eigenvalue weighted by atomic mass is 35.5. The monoisotopic (exact) mass is 362 g/mol. The Labute approximate surface area is 151 Å². The molecular formula is C19H20ClFN2O2. The number of anilines is 1. The van der Waals surface area contributed by atoms with Crippen molar-refractivity contribution in [1.29, 1.82) is 0 Å². The lowest BCUT2D eigenvalue weighted by Crippen LogP contribution is -2.31. The molecule has 2 aromatic carbocycles. The minimum Gasteiger partial charge on any atom is -0.338 e. The molecule has 0 atom stereocenters. The number of hydrogen-bond acceptors (Lipinski definition) is 2. The van der Waals surface area contributed by atoms with Gasteiger partial charge in [-0.15, -0.1) is 0 Å². The number of aryl methyl sites for hydroxylation is 1. The molecule has 1 N–H and O–H groups in total. The molecule has 0 heterocycles. The Kier molecular flexibility index (Phi) is 6.53. The van der Waals surface area contributed by atoms with Crippen LogP contribution >= 0.6 is 11.6 Å². The van der Waals surface area contributed by atoms with Gasteiger partial charge < -0.3 is 10.2 Å². The summed E-state index contributed by atoms with van der Waals surface area (Å²) in [4.78, 5) is 25.5. The molecule has 0 saturated heterocycles. The summed E-state index contributed by atoms with van der Waals surface area (Å²) in [6.45, 7) is 4.22. The third-order valence-corrected chi connectivity index (χ3v) is 4.00. The number of amides is 2. The first-order valence-electron chi connectivity index (χ1n) is 7.91. The molecule has 0 aromatic heterocycles. The normalized spacial score (nSPS) is 10.4. The highest BCUT2D eigenvalue weighted by Gasteiger charge is 2.12. The zero-order valence-electron chi connectivity index (χ0n) is 14.2. The van der Waals surface area contributed by atoms with E-state index in [0.29, 0.717) is 18.8 Å². The first-order valence-corrected chi connectivity index (χ1v) is 8.29. The van der Waals surface area contributed by atoms with E-state index in [0.717, 1.165) is 11.1 Å². The molecule has 2 amide bonds. The summed E-state index contributed by atoms with van der Waals surface area (Å²) in [5, 5.41) is 2.60. The van der Waals surface area contributed by atoms with Crippen molar-refractivity contribution < 1.29 is 14.0 Å². The van der Waals surface area contributed by atoms with Gasteiger partial charge in [-0.2, -0.15) is 0 Å². The second-order valence-electron chi connectivity index (χ2n) is 5.86. The maximum atomic E-state index is 13.1. The van der Waals surface area contributed by atoms with E-state index in [2.05, 4.69) is 5.32 Å². The molecule has 0 aliphatic heterocycles. The van der Waals surface area contributed by atoms with Crippen LogP contribution in [0.2, 0.25) is 5.02 Å². The number of benzene rings is 2. The molecule has 0 aliphatic carbocycles. The predicted octanol–water partition coefficient (Wildman–Crippen LogP) is 4.16. The molecule has 0 bridgehead atoms. The largest absolute Gasteiger partial charge is 0.338 e. The minimum absolute atomic E-state index is 0.0531. The van der Waals surface area contributed by atoms with E-state index in [4.69, 9.17) is 11.6 Å². The maximum absolute atomic E-state index is 13.1. The second-order valence-corrected chi connectivity index (χ2v) is 6.26. The van der Waals surface area contributed by atoms with Crippen LogP contribution in [0.1, 0.15) is 24.5 Å². The lowest BCUT2D eigenvalue weighted by atomic mass is 10.1. The van der Waals surface area contributed by atoms with Crippen LogP contribution in [-0.2, 0) is 16.1 Å². The summed E-state index contributed by atoms with van der Waals surface area (Å²) in [7, 11) is 0. The van der Waals surface area contributed by atoms with Gasteiger partial charge in [-0.25, -0.2) is 4.39 Å². The third kappa shape index (κ3) is 5.87. The van der Waals surface area contributed by atoms with Crippen molar-refractivity contribution in [3.05, 3.63) is 64.4 Å². The van der Waals surface area contributed by atoms with Gasteiger partial charge in [0.1, 0.15) is 5.82 Å². The Bertz CT molecular complexity index is 780. The lowest BCUT2D eigenvalue weighted by molar-refractivity contribution is -0.129. The molecule has 0 saturated carbocycles. The van der Waals surface area contributed by atoms with E-state index in [1.54, 1.807) is 4.90 Å². The number of nitrogens with zero attached hydrogens (tertiary/aromatic N) is 1. The summed E-state index contributed by atoms with van der Waals surface area (Å²) >= 11 is 5.69. The van der Waals surface area contributed by atoms with Crippen molar-refractivity contribution in [3.8, 4) is 0 Å². The molecule has 0 radical (unpaired) electrons. The van der Waals surface area contributed by atoms with Gasteiger partial charge in [0.05, 0.1) is 5.02 Å². The van der Waals surface area contributed by atoms with Crippen LogP contribution < -0.4 is 5.32 Å². The summed E-state index contributed by atoms with van der Waals surface area (Å²) < 4.78 is 13.1. The zero-order valence-corrected chi connectivity index (χ0v) is 14.9. The van der Waals surface area contributed by atoms with Crippen LogP contribution in [0.15, 0.2) is 42.5 Å². The highest BCUT2D eigenvalue weighted by Crippen LogP contribution is 2.19. The van der Waals surface area contributed by atoms with Gasteiger partial charge in [0, 0.05) is 32.1 Å². The van der Waals surface area contributed by atoms with Crippen LogP contribution in [0, 0.1) is 12.7 Å². The molecule has 25 heavy (non-hydrogen) atoms. The van der Waals surface area contributed by atoms with E-state index in [-0.39, 0.29) is 23.3 Å². The Balaban J connectivity index is 1.92. The van der Waals surface area contributed by atoms with Crippen LogP contribution in [0.4, 0.5) is 10.1 Å². The highest BCUT2D eigenvalue weighted by molar-refractivity contribution is 6.31. The molecule has 4 nitrogen and oxygen atoms in total. The van der Waals surface area contributed by atoms with Gasteiger partial charge in [-0.3, -0.25) is 9.59 Å². The molecule has 0 aliphatic rings. The fourth-order valence-corrected chi connectivity index (χ4v) is 2.59. The quantitative estimate of drug-likeness (QED) is 0.838. The molecular weight excluding hydrogens is 343 g/mol. The lowest BCUT2D eigenvalue weighted by Gasteiger charge is -2.21. The smallest absolute Gasteiger partial charge is 0.226 e. The van der Waals surface area contributed by atoms with Gasteiger partial charge in [0.25, 0.3) is 0 Å². The molecule has 0 spiro atoms. The average Bonchev–Trinajstić information content (AvgIpc) is 2.54. The van der Waals surface area contributed by atoms with Gasteiger partial charge in [-0.05, 0) is 30.7 Å². The SMILES string of the molecule is CC(=O)N(CCC(=O)Nc1ccc(F)c(Cl)c1)Cc1cccc(C)c1. The van der Waals surface area contributed by atoms with Crippen molar-refractivity contribution >= 4 is 29.1 Å². The van der Waals surface area contributed by atoms with E-state index in [1.807, 2.05) is 31.2 Å². The van der Waals surface area contributed by atoms with Gasteiger partial charge in [-0.1, -0.05) is 41.4 Å². The fourth-order valence-electron chi connectivity index (χ4n) is 2.41. The van der Waals surface area contributed by atoms with Crippen LogP contribution in [0.3, 0.4) is 0 Å². The first kappa shape index (κ1) is 18.9. The average molecular weight is 363 g/mol. The van der Waals surface area contributed by atoms with Crippen molar-refractivity contribution in [2.45, 2.75) is 26.8 Å². The van der Waals surface area contributed by atoms with E-state index in [9.17, 15) is 14.0 Å². The number of hydrogen-bond donors (Lipinski definition) is 1. The number of nitrogens with one attached hydrogen (secondary N) is 1. The van der Waals surface area contributed by atoms with E-state index in [1.165, 1.54) is 25.1 Å². The molecule has 2 rings (SSSR count). The number of rotatable bonds is 6. The number of carbonyl (C=O) groups is 2. The van der Waals surface area contributed by atoms with Crippen molar-refractivity contribution in [1.82, 2.24) is 4.90 Å². The van der Waals surface area contributed by atoms with Crippen LogP contribution in [0.5, 0.6) is 0 Å². The Morgan fingerprint density at radius 3 is 2.60 bits per heavy atom. The molecule has 132 valence electrons. The number of carbonyl (C=O) groups excluding carboxylic acids is 2. The Hall–Kier alpha value is -2.40. The van der Waals surface area contributed by atoms with E-state index < -0.39 is 5.82 Å². The summed E-state index contributed by atoms with van der Waals surface area (Å²) in [6, 6.07) is 11.9. The maximum Gasteiger partial charge on any atom is 0.226 e. The number of halogens is 2. The van der Waals surface area contributed by atoms with Crippen LogP contribution in [0.25, 0.3) is 0 Å². The first-order chi connectivity index (χ1) is 11.8. The van der Waals surface area contributed by atoms with E-state index >= 15 is 0 Å². The van der Waals surface area contributed by atoms with Crippen LogP contribution in [-0.4, -0.2) is 23.3 Å². The van der Waals surface area contributed by atoms with Crippen molar-refractivity contribution in [2.24, 2.45) is 0 Å². The fraction of sp³-hybridized carbons (Fsp3) is 0.263. The minimum atomic E-state index is -0.541. The summed E-state index contributed by atoms with van der Waals surface area (Å²) in [6.07, 6.45) is 0.139. The van der Waals surface area contributed by atoms with Gasteiger partial charge >= 0.3 is 0 Å². The molecule has 2 aromatic rings. The standard InChI is InChI=1S/C19H20ClFN2O2/c1-13-4-3-5-15(10-13)12-23(14(2)24)9-8-19(25)22-16-6-7-18(21)17(20)11-16/h3-7,10-11H,8-9,12H2,1-2H3,(H,22,25). The molecule has 0 unspecified atom stereocenters. The zero-order chi connectivity index (χ0) is 18.4. The second kappa shape index (κ2) is 8.62. The van der Waals surface area contributed by atoms with Gasteiger partial charge in [0.15, 0.2) is 0 Å². The topological polar surface area (TPSA) is 49.4 Å². The van der Waals surface area contributed by atoms with Crippen molar-refractivity contribution in [3.63, 3.8) is 0 Å².